The Morgan fingerprint density at radius 3 is 2.63 bits per heavy atom. The number of thiol groups is 1. The molecule has 0 aliphatic carbocycles. The molecule has 0 radical (unpaired) electrons. The number of nitrogens with two attached hydrogens (primary N) is 3. The molecule has 35 heavy (non-hydrogen) atoms. The molecule has 0 spiro atoms. The van der Waals surface area contributed by atoms with Crippen molar-refractivity contribution in [1.29, 1.82) is 0 Å². The Morgan fingerprint density at radius 2 is 2.03 bits per heavy atom. The lowest BCUT2D eigenvalue weighted by Gasteiger charge is -2.29. The third-order valence-electron chi connectivity index (χ3n) is 5.53. The van der Waals surface area contributed by atoms with Crippen LogP contribution in [0.25, 0.3) is 0 Å². The summed E-state index contributed by atoms with van der Waals surface area (Å²) in [6.45, 7) is 0.612. The SMILES string of the molecule is NC(N)=NCCCC(N)C(=O)NC(CS)C(=O)N1CCCC1C(=O)NC(Cc1cnc[nH]1)C(=O)O. The highest BCUT2D eigenvalue weighted by atomic mass is 32.1. The number of H-pyrrole nitrogens is 1. The van der Waals surface area contributed by atoms with E-state index < -0.39 is 47.9 Å². The van der Waals surface area contributed by atoms with Gasteiger partial charge in [0.05, 0.1) is 12.4 Å². The fraction of sp³-hybridized carbons (Fsp3) is 0.600. The van der Waals surface area contributed by atoms with E-state index in [1.807, 2.05) is 0 Å². The second kappa shape index (κ2) is 13.5. The van der Waals surface area contributed by atoms with E-state index in [2.05, 4.69) is 38.2 Å². The van der Waals surface area contributed by atoms with Gasteiger partial charge in [0.1, 0.15) is 18.1 Å². The lowest BCUT2D eigenvalue weighted by Crippen LogP contribution is -2.57. The molecule has 0 saturated carbocycles. The average molecular weight is 512 g/mol. The molecule has 194 valence electrons. The van der Waals surface area contributed by atoms with E-state index in [0.29, 0.717) is 44.5 Å². The molecule has 4 unspecified atom stereocenters. The van der Waals surface area contributed by atoms with E-state index >= 15 is 0 Å². The number of carboxylic acids is 1. The van der Waals surface area contributed by atoms with Crippen LogP contribution in [0.3, 0.4) is 0 Å². The number of carbonyl (C=O) groups excluding carboxylic acids is 3. The number of aromatic amines is 1. The molecule has 0 bridgehead atoms. The zero-order chi connectivity index (χ0) is 26.0. The van der Waals surface area contributed by atoms with E-state index in [0.717, 1.165) is 0 Å². The number of aromatic nitrogens is 2. The van der Waals surface area contributed by atoms with Crippen LogP contribution in [0.4, 0.5) is 0 Å². The summed E-state index contributed by atoms with van der Waals surface area (Å²) in [6.07, 6.45) is 4.60. The Morgan fingerprint density at radius 1 is 1.29 bits per heavy atom. The minimum absolute atomic E-state index is 0.00624. The Hall–Kier alpha value is -3.33. The quantitative estimate of drug-likeness (QED) is 0.0594. The van der Waals surface area contributed by atoms with Gasteiger partial charge in [-0.2, -0.15) is 12.6 Å². The molecule has 14 nitrogen and oxygen atoms in total. The second-order valence-corrected chi connectivity index (χ2v) is 8.53. The van der Waals surface area contributed by atoms with Crippen molar-refractivity contribution in [3.8, 4) is 0 Å². The zero-order valence-electron chi connectivity index (χ0n) is 19.2. The van der Waals surface area contributed by atoms with Crippen molar-refractivity contribution < 1.29 is 24.3 Å². The Kier molecular flexibility index (Phi) is 10.8. The molecule has 15 heteroatoms. The van der Waals surface area contributed by atoms with Crippen LogP contribution in [-0.4, -0.2) is 92.6 Å². The molecular weight excluding hydrogens is 478 g/mol. The van der Waals surface area contributed by atoms with E-state index in [1.165, 1.54) is 17.4 Å². The first-order valence-corrected chi connectivity index (χ1v) is 11.8. The topological polar surface area (TPSA) is 235 Å². The number of amides is 3. The molecule has 2 heterocycles. The van der Waals surface area contributed by atoms with Crippen LogP contribution in [0.1, 0.15) is 31.4 Å². The third-order valence-corrected chi connectivity index (χ3v) is 5.90. The summed E-state index contributed by atoms with van der Waals surface area (Å²) >= 11 is 4.18. The molecular formula is C20H33N9O5S. The van der Waals surface area contributed by atoms with Gasteiger partial charge in [-0.3, -0.25) is 19.4 Å². The zero-order valence-corrected chi connectivity index (χ0v) is 20.1. The predicted molar refractivity (Wildman–Crippen MR) is 130 cm³/mol. The Bertz CT molecular complexity index is 907. The van der Waals surface area contributed by atoms with Gasteiger partial charge < -0.3 is 42.8 Å². The molecule has 0 aromatic carbocycles. The molecule has 1 aromatic heterocycles. The first-order chi connectivity index (χ1) is 16.6. The van der Waals surface area contributed by atoms with Crippen molar-refractivity contribution in [2.24, 2.45) is 22.2 Å². The van der Waals surface area contributed by atoms with Crippen molar-refractivity contribution >= 4 is 42.3 Å². The normalized spacial score (nSPS) is 17.8. The second-order valence-electron chi connectivity index (χ2n) is 8.17. The first-order valence-electron chi connectivity index (χ1n) is 11.2. The number of aliphatic carboxylic acids is 1. The largest absolute Gasteiger partial charge is 0.480 e. The fourth-order valence-corrected chi connectivity index (χ4v) is 3.95. The number of nitrogens with one attached hydrogen (secondary N) is 3. The maximum absolute atomic E-state index is 13.1. The van der Waals surface area contributed by atoms with Gasteiger partial charge in [-0.15, -0.1) is 0 Å². The van der Waals surface area contributed by atoms with E-state index in [-0.39, 0.29) is 18.1 Å². The Labute approximate surface area is 207 Å². The number of rotatable bonds is 13. The molecule has 1 fully saturated rings. The monoisotopic (exact) mass is 511 g/mol. The number of hydrogen-bond acceptors (Lipinski definition) is 8. The van der Waals surface area contributed by atoms with Crippen LogP contribution in [0.2, 0.25) is 0 Å². The molecule has 3 amide bonds. The van der Waals surface area contributed by atoms with Gasteiger partial charge in [-0.05, 0) is 25.7 Å². The van der Waals surface area contributed by atoms with Crippen molar-refractivity contribution in [2.45, 2.75) is 56.3 Å². The minimum atomic E-state index is -1.21. The van der Waals surface area contributed by atoms with Gasteiger partial charge >= 0.3 is 5.97 Å². The van der Waals surface area contributed by atoms with E-state index in [9.17, 15) is 24.3 Å². The van der Waals surface area contributed by atoms with Crippen molar-refractivity contribution in [3.05, 3.63) is 18.2 Å². The number of imidazole rings is 1. The summed E-state index contributed by atoms with van der Waals surface area (Å²) < 4.78 is 0. The van der Waals surface area contributed by atoms with Crippen molar-refractivity contribution in [1.82, 2.24) is 25.5 Å². The van der Waals surface area contributed by atoms with Crippen molar-refractivity contribution in [2.75, 3.05) is 18.8 Å². The van der Waals surface area contributed by atoms with E-state index in [4.69, 9.17) is 17.2 Å². The summed E-state index contributed by atoms with van der Waals surface area (Å²) in [4.78, 5) is 61.9. The molecule has 1 aliphatic rings. The minimum Gasteiger partial charge on any atom is -0.480 e. The molecule has 1 aliphatic heterocycles. The molecule has 1 aromatic rings. The number of hydrogen-bond donors (Lipinski definition) is 8. The number of carboxylic acid groups (broad SMARTS) is 1. The average Bonchev–Trinajstić information content (AvgIpc) is 3.51. The summed E-state index contributed by atoms with van der Waals surface area (Å²) in [7, 11) is 0. The number of carbonyl (C=O) groups is 4. The maximum atomic E-state index is 13.1. The summed E-state index contributed by atoms with van der Waals surface area (Å²) in [5.74, 6) is -2.87. The van der Waals surface area contributed by atoms with Gasteiger partial charge in [-0.1, -0.05) is 0 Å². The summed E-state index contributed by atoms with van der Waals surface area (Å²) in [5, 5.41) is 14.6. The third kappa shape index (κ3) is 8.43. The van der Waals surface area contributed by atoms with Gasteiger partial charge in [0, 0.05) is 37.2 Å². The number of guanidine groups is 1. The highest BCUT2D eigenvalue weighted by Gasteiger charge is 2.38. The van der Waals surface area contributed by atoms with Crippen LogP contribution in [0, 0.1) is 0 Å². The highest BCUT2D eigenvalue weighted by Crippen LogP contribution is 2.19. The van der Waals surface area contributed by atoms with E-state index in [1.54, 1.807) is 0 Å². The van der Waals surface area contributed by atoms with Crippen LogP contribution in [0.15, 0.2) is 17.5 Å². The number of aliphatic imine (C=N–C) groups is 1. The fourth-order valence-electron chi connectivity index (χ4n) is 3.70. The number of likely N-dealkylation sites (tertiary alicyclic amines) is 1. The van der Waals surface area contributed by atoms with Crippen LogP contribution >= 0.6 is 12.6 Å². The lowest BCUT2D eigenvalue weighted by atomic mass is 10.1. The molecule has 10 N–H and O–H groups in total. The molecule has 2 rings (SSSR count). The molecule has 1 saturated heterocycles. The van der Waals surface area contributed by atoms with Crippen LogP contribution in [0.5, 0.6) is 0 Å². The van der Waals surface area contributed by atoms with Gasteiger partial charge in [0.15, 0.2) is 5.96 Å². The van der Waals surface area contributed by atoms with Crippen LogP contribution in [-0.2, 0) is 25.6 Å². The first kappa shape index (κ1) is 27.9. The Balaban J connectivity index is 1.96. The van der Waals surface area contributed by atoms with Gasteiger partial charge in [0.2, 0.25) is 17.7 Å². The van der Waals surface area contributed by atoms with Gasteiger partial charge in [0.25, 0.3) is 0 Å². The smallest absolute Gasteiger partial charge is 0.326 e. The summed E-state index contributed by atoms with van der Waals surface area (Å²) in [5.41, 5.74) is 17.0. The maximum Gasteiger partial charge on any atom is 0.326 e. The summed E-state index contributed by atoms with van der Waals surface area (Å²) in [6, 6.07) is -3.93. The highest BCUT2D eigenvalue weighted by molar-refractivity contribution is 7.80. The number of nitrogens with zero attached hydrogens (tertiary/aromatic N) is 3. The molecule has 4 atom stereocenters. The van der Waals surface area contributed by atoms with Crippen molar-refractivity contribution in [3.63, 3.8) is 0 Å². The lowest BCUT2D eigenvalue weighted by molar-refractivity contribution is -0.144. The standard InChI is InChI=1S/C20H33N9O5S/c21-12(3-1-5-25-20(22)23)16(30)28-14(9-35)18(32)29-6-2-4-15(29)17(31)27-13(19(33)34)7-11-8-24-10-26-11/h8,10,12-15,35H,1-7,9,21H2,(H,24,26)(H,27,31)(H,28,30)(H,33,34)(H4,22,23,25). The predicted octanol–water partition coefficient (Wildman–Crippen LogP) is -2.69. The van der Waals surface area contributed by atoms with Crippen LogP contribution < -0.4 is 27.8 Å². The van der Waals surface area contributed by atoms with Gasteiger partial charge in [-0.25, -0.2) is 9.78 Å².